The minimum atomic E-state index is -0.418. The summed E-state index contributed by atoms with van der Waals surface area (Å²) in [4.78, 5) is 21.0. The molecule has 0 bridgehead atoms. The van der Waals surface area contributed by atoms with Gasteiger partial charge in [0, 0.05) is 11.4 Å². The number of benzene rings is 2. The third-order valence-corrected chi connectivity index (χ3v) is 3.69. The van der Waals surface area contributed by atoms with Crippen molar-refractivity contribution in [2.75, 3.05) is 10.6 Å². The van der Waals surface area contributed by atoms with Gasteiger partial charge in [-0.15, -0.1) is 0 Å². The maximum Gasteiger partial charge on any atom is 0.274 e. The zero-order chi connectivity index (χ0) is 18.7. The third-order valence-electron chi connectivity index (χ3n) is 3.69. The van der Waals surface area contributed by atoms with Crippen molar-refractivity contribution in [1.29, 1.82) is 0 Å². The summed E-state index contributed by atoms with van der Waals surface area (Å²) in [6.45, 7) is 5.68. The first-order valence-electron chi connectivity index (χ1n) is 8.17. The van der Waals surface area contributed by atoms with E-state index >= 15 is 0 Å². The number of nitrogens with one attached hydrogen (secondary N) is 2. The van der Waals surface area contributed by atoms with Crippen LogP contribution in [0.1, 0.15) is 27.3 Å². The van der Waals surface area contributed by atoms with Gasteiger partial charge in [0.25, 0.3) is 5.91 Å². The highest BCUT2D eigenvalue weighted by atomic mass is 19.1. The Balaban J connectivity index is 1.84. The second kappa shape index (κ2) is 7.31. The Bertz CT molecular complexity index is 952. The standard InChI is InChI=1S/C20H19FN4O/c1-12-8-13(2)10-15(9-12)23-19(26)18-11-14(3)22-20(25-18)24-17-7-5-4-6-16(17)21/h4-11H,1-3H3,(H,23,26)(H,22,24,25). The Morgan fingerprint density at radius 2 is 1.65 bits per heavy atom. The minimum absolute atomic E-state index is 0.167. The molecule has 5 nitrogen and oxygen atoms in total. The van der Waals surface area contributed by atoms with Crippen LogP contribution in [0.15, 0.2) is 48.5 Å². The molecule has 2 aromatic carbocycles. The molecule has 0 aliphatic heterocycles. The van der Waals surface area contributed by atoms with Crippen molar-refractivity contribution in [1.82, 2.24) is 9.97 Å². The maximum absolute atomic E-state index is 13.8. The number of amides is 1. The second-order valence-electron chi connectivity index (χ2n) is 6.15. The number of carbonyl (C=O) groups is 1. The monoisotopic (exact) mass is 350 g/mol. The molecule has 3 rings (SSSR count). The fourth-order valence-electron chi connectivity index (χ4n) is 2.67. The zero-order valence-corrected chi connectivity index (χ0v) is 14.8. The number of halogens is 1. The lowest BCUT2D eigenvalue weighted by molar-refractivity contribution is 0.102. The van der Waals surface area contributed by atoms with E-state index in [1.165, 1.54) is 6.07 Å². The number of carbonyl (C=O) groups excluding carboxylic acids is 1. The SMILES string of the molecule is Cc1cc(C)cc(NC(=O)c2cc(C)nc(Nc3ccccc3F)n2)c1. The van der Waals surface area contributed by atoms with E-state index in [0.29, 0.717) is 11.4 Å². The van der Waals surface area contributed by atoms with Crippen LogP contribution in [-0.4, -0.2) is 15.9 Å². The number of rotatable bonds is 4. The van der Waals surface area contributed by atoms with Crippen LogP contribution in [0.3, 0.4) is 0 Å². The van der Waals surface area contributed by atoms with Crippen molar-refractivity contribution >= 4 is 23.2 Å². The highest BCUT2D eigenvalue weighted by Crippen LogP contribution is 2.18. The van der Waals surface area contributed by atoms with Crippen LogP contribution in [0.25, 0.3) is 0 Å². The van der Waals surface area contributed by atoms with Crippen molar-refractivity contribution in [2.24, 2.45) is 0 Å². The number of aryl methyl sites for hydroxylation is 3. The van der Waals surface area contributed by atoms with Gasteiger partial charge >= 0.3 is 0 Å². The fourth-order valence-corrected chi connectivity index (χ4v) is 2.67. The lowest BCUT2D eigenvalue weighted by atomic mass is 10.1. The van der Waals surface area contributed by atoms with E-state index in [-0.39, 0.29) is 23.2 Å². The van der Waals surface area contributed by atoms with Gasteiger partial charge in [-0.25, -0.2) is 14.4 Å². The molecule has 0 atom stereocenters. The molecule has 6 heteroatoms. The normalized spacial score (nSPS) is 10.5. The summed E-state index contributed by atoms with van der Waals surface area (Å²) >= 11 is 0. The van der Waals surface area contributed by atoms with Crippen LogP contribution >= 0.6 is 0 Å². The summed E-state index contributed by atoms with van der Waals surface area (Å²) in [6.07, 6.45) is 0. The summed E-state index contributed by atoms with van der Waals surface area (Å²) in [7, 11) is 0. The predicted molar refractivity (Wildman–Crippen MR) is 100 cm³/mol. The number of nitrogens with zero attached hydrogens (tertiary/aromatic N) is 2. The minimum Gasteiger partial charge on any atom is -0.322 e. The molecular weight excluding hydrogens is 331 g/mol. The van der Waals surface area contributed by atoms with Crippen LogP contribution in [0.5, 0.6) is 0 Å². The van der Waals surface area contributed by atoms with Gasteiger partial charge in [0.2, 0.25) is 5.95 Å². The third kappa shape index (κ3) is 4.22. The topological polar surface area (TPSA) is 66.9 Å². The number of anilines is 3. The number of aromatic nitrogens is 2. The van der Waals surface area contributed by atoms with E-state index in [0.717, 1.165) is 11.1 Å². The molecule has 0 aliphatic rings. The molecule has 0 saturated carbocycles. The average Bonchev–Trinajstić information content (AvgIpc) is 2.55. The summed E-state index contributed by atoms with van der Waals surface area (Å²) < 4.78 is 13.8. The summed E-state index contributed by atoms with van der Waals surface area (Å²) in [5.74, 6) is -0.600. The maximum atomic E-state index is 13.8. The lowest BCUT2D eigenvalue weighted by Gasteiger charge is -2.10. The Kier molecular flexibility index (Phi) is 4.93. The van der Waals surface area contributed by atoms with Crippen LogP contribution < -0.4 is 10.6 Å². The highest BCUT2D eigenvalue weighted by Gasteiger charge is 2.12. The molecule has 0 unspecified atom stereocenters. The highest BCUT2D eigenvalue weighted by molar-refractivity contribution is 6.03. The molecule has 0 saturated heterocycles. The summed E-state index contributed by atoms with van der Waals surface area (Å²) in [5, 5.41) is 5.65. The van der Waals surface area contributed by atoms with Gasteiger partial charge in [-0.3, -0.25) is 4.79 Å². The number of hydrogen-bond donors (Lipinski definition) is 2. The van der Waals surface area contributed by atoms with Gasteiger partial charge in [-0.1, -0.05) is 18.2 Å². The Hall–Kier alpha value is -3.28. The molecule has 0 fully saturated rings. The Labute approximate surface area is 151 Å². The van der Waals surface area contributed by atoms with Gasteiger partial charge in [0.1, 0.15) is 11.5 Å². The first-order chi connectivity index (χ1) is 12.4. The molecule has 1 amide bonds. The number of hydrogen-bond acceptors (Lipinski definition) is 4. The zero-order valence-electron chi connectivity index (χ0n) is 14.8. The largest absolute Gasteiger partial charge is 0.322 e. The van der Waals surface area contributed by atoms with E-state index < -0.39 is 5.82 Å². The molecule has 132 valence electrons. The first-order valence-corrected chi connectivity index (χ1v) is 8.17. The quantitative estimate of drug-likeness (QED) is 0.725. The lowest BCUT2D eigenvalue weighted by Crippen LogP contribution is -2.15. The Morgan fingerprint density at radius 3 is 2.35 bits per heavy atom. The fraction of sp³-hybridized carbons (Fsp3) is 0.150. The van der Waals surface area contributed by atoms with Gasteiger partial charge in [-0.2, -0.15) is 0 Å². The molecule has 0 radical (unpaired) electrons. The van der Waals surface area contributed by atoms with Gasteiger partial charge in [0.15, 0.2) is 0 Å². The van der Waals surface area contributed by atoms with E-state index in [9.17, 15) is 9.18 Å². The summed E-state index contributed by atoms with van der Waals surface area (Å²) in [5.41, 5.74) is 3.87. The molecular formula is C20H19FN4O. The molecule has 2 N–H and O–H groups in total. The molecule has 1 aromatic heterocycles. The van der Waals surface area contributed by atoms with Crippen molar-refractivity contribution in [2.45, 2.75) is 20.8 Å². The van der Waals surface area contributed by atoms with Crippen LogP contribution in [-0.2, 0) is 0 Å². The smallest absolute Gasteiger partial charge is 0.274 e. The summed E-state index contributed by atoms with van der Waals surface area (Å²) in [6, 6.07) is 13.6. The van der Waals surface area contributed by atoms with Gasteiger partial charge in [0.05, 0.1) is 5.69 Å². The van der Waals surface area contributed by atoms with E-state index in [1.54, 1.807) is 31.2 Å². The predicted octanol–water partition coefficient (Wildman–Crippen LogP) is 4.54. The molecule has 1 heterocycles. The molecule has 3 aromatic rings. The van der Waals surface area contributed by atoms with Gasteiger partial charge < -0.3 is 10.6 Å². The van der Waals surface area contributed by atoms with Crippen LogP contribution in [0.4, 0.5) is 21.7 Å². The van der Waals surface area contributed by atoms with Crippen molar-refractivity contribution in [3.63, 3.8) is 0 Å². The van der Waals surface area contributed by atoms with E-state index in [4.69, 9.17) is 0 Å². The van der Waals surface area contributed by atoms with Crippen molar-refractivity contribution in [3.05, 3.63) is 76.9 Å². The van der Waals surface area contributed by atoms with Gasteiger partial charge in [-0.05, 0) is 62.2 Å². The second-order valence-corrected chi connectivity index (χ2v) is 6.15. The van der Waals surface area contributed by atoms with Crippen molar-refractivity contribution < 1.29 is 9.18 Å². The number of para-hydroxylation sites is 1. The molecule has 26 heavy (non-hydrogen) atoms. The van der Waals surface area contributed by atoms with Crippen LogP contribution in [0, 0.1) is 26.6 Å². The first kappa shape index (κ1) is 17.5. The van der Waals surface area contributed by atoms with Crippen LogP contribution in [0.2, 0.25) is 0 Å². The molecule has 0 spiro atoms. The van der Waals surface area contributed by atoms with Crippen molar-refractivity contribution in [3.8, 4) is 0 Å². The van der Waals surface area contributed by atoms with E-state index in [2.05, 4.69) is 20.6 Å². The van der Waals surface area contributed by atoms with E-state index in [1.807, 2.05) is 32.0 Å². The molecule has 0 aliphatic carbocycles. The average molecular weight is 350 g/mol. The Morgan fingerprint density at radius 1 is 0.962 bits per heavy atom.